The quantitative estimate of drug-likeness (QED) is 0.303. The lowest BCUT2D eigenvalue weighted by molar-refractivity contribution is -0.384. The van der Waals surface area contributed by atoms with Crippen molar-refractivity contribution in [2.24, 2.45) is 5.10 Å². The Labute approximate surface area is 171 Å². The Balaban J connectivity index is 1.40. The zero-order chi connectivity index (χ0) is 20.9. The highest BCUT2D eigenvalue weighted by molar-refractivity contribution is 6.00. The van der Waals surface area contributed by atoms with E-state index in [2.05, 4.69) is 15.6 Å². The van der Waals surface area contributed by atoms with E-state index in [1.54, 1.807) is 35.3 Å². The van der Waals surface area contributed by atoms with Crippen LogP contribution in [0.2, 0.25) is 0 Å². The molecule has 8 heteroatoms. The first-order valence-electron chi connectivity index (χ1n) is 9.18. The number of hydrogen-bond donors (Lipinski definition) is 1. The molecule has 0 bridgehead atoms. The summed E-state index contributed by atoms with van der Waals surface area (Å²) in [6.07, 6.45) is 3.28. The van der Waals surface area contributed by atoms with Gasteiger partial charge in [-0.2, -0.15) is 10.2 Å². The number of aromatic nitrogens is 2. The first kappa shape index (κ1) is 19.0. The molecular formula is C22H17N5O3. The van der Waals surface area contributed by atoms with E-state index in [1.165, 1.54) is 12.1 Å². The second kappa shape index (κ2) is 8.36. The minimum absolute atomic E-state index is 0.0309. The highest BCUT2D eigenvalue weighted by atomic mass is 16.6. The van der Waals surface area contributed by atoms with E-state index in [4.69, 9.17) is 0 Å². The molecule has 0 saturated heterocycles. The molecule has 4 aromatic rings. The van der Waals surface area contributed by atoms with Crippen LogP contribution in [0, 0.1) is 10.1 Å². The number of hydrazone groups is 1. The molecule has 4 rings (SSSR count). The van der Waals surface area contributed by atoms with Crippen molar-refractivity contribution >= 4 is 28.6 Å². The van der Waals surface area contributed by atoms with E-state index < -0.39 is 10.8 Å². The molecule has 0 aliphatic rings. The molecule has 8 nitrogen and oxygen atoms in total. The molecule has 1 amide bonds. The number of nitro benzene ring substituents is 1. The minimum atomic E-state index is -0.446. The Hall–Kier alpha value is -4.33. The largest absolute Gasteiger partial charge is 0.291 e. The molecule has 0 atom stereocenters. The number of carbonyl (C=O) groups is 1. The number of fused-ring (bicyclic) bond motifs is 1. The highest BCUT2D eigenvalue weighted by Gasteiger charge is 2.10. The van der Waals surface area contributed by atoms with Gasteiger partial charge in [0.2, 0.25) is 0 Å². The van der Waals surface area contributed by atoms with E-state index in [1.807, 2.05) is 42.5 Å². The van der Waals surface area contributed by atoms with Crippen molar-refractivity contribution in [2.45, 2.75) is 6.54 Å². The number of nitrogens with one attached hydrogen (secondary N) is 1. The van der Waals surface area contributed by atoms with Crippen LogP contribution in [0.15, 0.2) is 84.1 Å². The lowest BCUT2D eigenvalue weighted by Gasteiger charge is -2.02. The van der Waals surface area contributed by atoms with Crippen molar-refractivity contribution in [3.63, 3.8) is 0 Å². The van der Waals surface area contributed by atoms with E-state index in [0.29, 0.717) is 6.54 Å². The predicted molar refractivity (Wildman–Crippen MR) is 113 cm³/mol. The number of hydrogen-bond acceptors (Lipinski definition) is 5. The molecule has 1 N–H and O–H groups in total. The summed E-state index contributed by atoms with van der Waals surface area (Å²) in [6.45, 7) is 0.393. The topological polar surface area (TPSA) is 102 Å². The summed E-state index contributed by atoms with van der Waals surface area (Å²) in [5, 5.41) is 21.1. The molecule has 1 heterocycles. The average molecular weight is 399 g/mol. The van der Waals surface area contributed by atoms with Crippen LogP contribution in [0.4, 0.5) is 5.69 Å². The lowest BCUT2D eigenvalue weighted by Crippen LogP contribution is -2.18. The number of nitro groups is 1. The van der Waals surface area contributed by atoms with Gasteiger partial charge in [0.15, 0.2) is 5.69 Å². The summed E-state index contributed by atoms with van der Waals surface area (Å²) in [5.41, 5.74) is 4.49. The fourth-order valence-electron chi connectivity index (χ4n) is 3.06. The van der Waals surface area contributed by atoms with Gasteiger partial charge in [0, 0.05) is 23.9 Å². The Morgan fingerprint density at radius 3 is 2.63 bits per heavy atom. The third kappa shape index (κ3) is 4.22. The number of rotatable bonds is 6. The highest BCUT2D eigenvalue weighted by Crippen LogP contribution is 2.17. The smallest absolute Gasteiger partial charge is 0.268 e. The number of amides is 1. The van der Waals surface area contributed by atoms with Gasteiger partial charge in [0.25, 0.3) is 11.6 Å². The average Bonchev–Trinajstić information content (AvgIpc) is 3.23. The zero-order valence-electron chi connectivity index (χ0n) is 15.8. The van der Waals surface area contributed by atoms with Gasteiger partial charge in [-0.3, -0.25) is 19.6 Å². The molecule has 0 radical (unpaired) electrons. The first-order chi connectivity index (χ1) is 14.6. The molecule has 0 spiro atoms. The van der Waals surface area contributed by atoms with Crippen molar-refractivity contribution < 1.29 is 9.72 Å². The van der Waals surface area contributed by atoms with E-state index in [-0.39, 0.29) is 11.4 Å². The van der Waals surface area contributed by atoms with Gasteiger partial charge in [-0.1, -0.05) is 54.6 Å². The van der Waals surface area contributed by atoms with E-state index >= 15 is 0 Å². The summed E-state index contributed by atoms with van der Waals surface area (Å²) >= 11 is 0. The number of carbonyl (C=O) groups excluding carboxylic acids is 1. The minimum Gasteiger partial charge on any atom is -0.268 e. The van der Waals surface area contributed by atoms with E-state index in [0.717, 1.165) is 21.9 Å². The van der Waals surface area contributed by atoms with Crippen LogP contribution < -0.4 is 5.43 Å². The number of benzene rings is 3. The summed E-state index contributed by atoms with van der Waals surface area (Å²) in [6, 6.07) is 21.6. The lowest BCUT2D eigenvalue weighted by atomic mass is 10.1. The van der Waals surface area contributed by atoms with Crippen LogP contribution >= 0.6 is 0 Å². The Morgan fingerprint density at radius 2 is 1.83 bits per heavy atom. The van der Waals surface area contributed by atoms with Gasteiger partial charge in [-0.25, -0.2) is 5.43 Å². The zero-order valence-corrected chi connectivity index (χ0v) is 15.8. The van der Waals surface area contributed by atoms with Gasteiger partial charge in [-0.15, -0.1) is 0 Å². The van der Waals surface area contributed by atoms with Crippen molar-refractivity contribution in [3.05, 3.63) is 106 Å². The van der Waals surface area contributed by atoms with E-state index in [9.17, 15) is 14.9 Å². The maximum Gasteiger partial charge on any atom is 0.291 e. The molecule has 1 aromatic heterocycles. The maximum absolute atomic E-state index is 12.3. The molecular weight excluding hydrogens is 382 g/mol. The van der Waals surface area contributed by atoms with Crippen molar-refractivity contribution in [1.29, 1.82) is 0 Å². The van der Waals surface area contributed by atoms with Gasteiger partial charge >= 0.3 is 0 Å². The van der Waals surface area contributed by atoms with Crippen LogP contribution in [0.5, 0.6) is 0 Å². The van der Waals surface area contributed by atoms with Crippen LogP contribution in [0.1, 0.15) is 21.6 Å². The molecule has 0 unspecified atom stereocenters. The van der Waals surface area contributed by atoms with Crippen molar-refractivity contribution in [3.8, 4) is 0 Å². The number of nitrogens with zero attached hydrogens (tertiary/aromatic N) is 4. The van der Waals surface area contributed by atoms with Gasteiger partial charge in [-0.05, 0) is 22.4 Å². The van der Waals surface area contributed by atoms with Gasteiger partial charge in [0.1, 0.15) is 0 Å². The Morgan fingerprint density at radius 1 is 1.07 bits per heavy atom. The van der Waals surface area contributed by atoms with Crippen LogP contribution in [0.3, 0.4) is 0 Å². The molecule has 148 valence electrons. The molecule has 0 aliphatic carbocycles. The predicted octanol–water partition coefficient (Wildman–Crippen LogP) is 3.76. The Bertz CT molecular complexity index is 1240. The molecule has 3 aromatic carbocycles. The summed E-state index contributed by atoms with van der Waals surface area (Å²) in [7, 11) is 0. The number of non-ortho nitro benzene ring substituents is 1. The Kier molecular flexibility index (Phi) is 5.29. The second-order valence-electron chi connectivity index (χ2n) is 6.59. The summed E-state index contributed by atoms with van der Waals surface area (Å²) < 4.78 is 1.59. The molecule has 0 fully saturated rings. The third-order valence-electron chi connectivity index (χ3n) is 4.56. The monoisotopic (exact) mass is 399 g/mol. The van der Waals surface area contributed by atoms with Crippen LogP contribution in [-0.2, 0) is 6.54 Å². The third-order valence-corrected chi connectivity index (χ3v) is 4.56. The molecule has 0 saturated carbocycles. The summed E-state index contributed by atoms with van der Waals surface area (Å²) in [5.74, 6) is -0.422. The SMILES string of the molecule is O=C(N/N=C\c1cccc2ccccc12)c1ccn(Cc2ccc([N+](=O)[O-])cc2)n1. The summed E-state index contributed by atoms with van der Waals surface area (Å²) in [4.78, 5) is 22.6. The van der Waals surface area contributed by atoms with Gasteiger partial charge < -0.3 is 0 Å². The molecule has 0 aliphatic heterocycles. The standard InChI is InChI=1S/C22H17N5O3/c28-22(24-23-14-18-6-3-5-17-4-1-2-7-20(17)18)21-12-13-26(25-21)15-16-8-10-19(11-9-16)27(29)30/h1-14H,15H2,(H,24,28)/b23-14-. The van der Waals surface area contributed by atoms with Crippen LogP contribution in [-0.4, -0.2) is 26.8 Å². The fourth-order valence-corrected chi connectivity index (χ4v) is 3.06. The van der Waals surface area contributed by atoms with Crippen LogP contribution in [0.25, 0.3) is 10.8 Å². The first-order valence-corrected chi connectivity index (χ1v) is 9.18. The second-order valence-corrected chi connectivity index (χ2v) is 6.59. The fraction of sp³-hybridized carbons (Fsp3) is 0.0455. The van der Waals surface area contributed by atoms with Gasteiger partial charge in [0.05, 0.1) is 17.7 Å². The van der Waals surface area contributed by atoms with Crippen molar-refractivity contribution in [2.75, 3.05) is 0 Å². The van der Waals surface area contributed by atoms with Crippen molar-refractivity contribution in [1.82, 2.24) is 15.2 Å². The normalized spacial score (nSPS) is 11.1. The molecule has 30 heavy (non-hydrogen) atoms. The maximum atomic E-state index is 12.3.